The Morgan fingerprint density at radius 2 is 0.559 bits per heavy atom. The van der Waals surface area contributed by atoms with E-state index in [-0.39, 0.29) is 31.1 Å². The molecule has 0 N–H and O–H groups in total. The van der Waals surface area contributed by atoms with Crippen LogP contribution in [-0.2, 0) is 28.6 Å². The quantitative estimate of drug-likeness (QED) is 0.0262. The van der Waals surface area contributed by atoms with Crippen molar-refractivity contribution < 1.29 is 28.6 Å². The summed E-state index contributed by atoms with van der Waals surface area (Å²) in [6.45, 7) is 6.57. The minimum absolute atomic E-state index is 0.0809. The Balaban J connectivity index is 4.38. The molecule has 0 fully saturated rings. The zero-order chi connectivity index (χ0) is 49.3. The summed E-state index contributed by atoms with van der Waals surface area (Å²) in [6, 6.07) is 0. The van der Waals surface area contributed by atoms with Gasteiger partial charge in [-0.05, 0) is 38.5 Å². The molecule has 0 rings (SSSR count). The standard InChI is InChI=1S/C62H110O6/c1-4-7-10-13-16-19-22-25-27-29-31-33-34-37-40-43-46-49-52-55-61(64)67-58-59(57-66-60(63)54-51-48-45-42-39-36-24-21-18-15-12-9-6-3)68-62(65)56-53-50-47-44-41-38-35-32-30-28-26-23-20-17-14-11-8-5-2/h11,14,17,20,23,26,28,30,32,35,59H,4-10,12-13,15-16,18-19,21-22,24-25,27,29,31,33-34,36-58H2,1-3H3/b14-11-,20-17-,26-23-,30-28-,35-32-. The van der Waals surface area contributed by atoms with Crippen molar-refractivity contribution in [1.82, 2.24) is 0 Å². The number of rotatable bonds is 53. The Morgan fingerprint density at radius 1 is 0.294 bits per heavy atom. The third-order valence-electron chi connectivity index (χ3n) is 12.9. The maximum atomic E-state index is 12.9. The largest absolute Gasteiger partial charge is 0.462 e. The van der Waals surface area contributed by atoms with E-state index in [1.807, 2.05) is 24.3 Å². The number of esters is 3. The van der Waals surface area contributed by atoms with Gasteiger partial charge in [-0.3, -0.25) is 14.4 Å². The van der Waals surface area contributed by atoms with Crippen molar-refractivity contribution in [2.45, 2.75) is 303 Å². The van der Waals surface area contributed by atoms with Crippen LogP contribution in [0.1, 0.15) is 297 Å². The van der Waals surface area contributed by atoms with Crippen LogP contribution in [0.3, 0.4) is 0 Å². The third-order valence-corrected chi connectivity index (χ3v) is 12.9. The minimum Gasteiger partial charge on any atom is -0.462 e. The van der Waals surface area contributed by atoms with E-state index >= 15 is 0 Å². The molecule has 0 spiro atoms. The molecule has 0 amide bonds. The van der Waals surface area contributed by atoms with Crippen LogP contribution in [-0.4, -0.2) is 37.2 Å². The van der Waals surface area contributed by atoms with E-state index < -0.39 is 6.10 Å². The van der Waals surface area contributed by atoms with Crippen molar-refractivity contribution in [3.05, 3.63) is 60.8 Å². The van der Waals surface area contributed by atoms with Crippen molar-refractivity contribution in [2.75, 3.05) is 13.2 Å². The van der Waals surface area contributed by atoms with Crippen molar-refractivity contribution in [3.8, 4) is 0 Å². The van der Waals surface area contributed by atoms with Gasteiger partial charge in [0.2, 0.25) is 0 Å². The Bertz CT molecular complexity index is 1230. The van der Waals surface area contributed by atoms with E-state index in [1.54, 1.807) is 0 Å². The summed E-state index contributed by atoms with van der Waals surface area (Å²) in [5.41, 5.74) is 0. The summed E-state index contributed by atoms with van der Waals surface area (Å²) < 4.78 is 16.9. The average Bonchev–Trinajstić information content (AvgIpc) is 3.34. The third kappa shape index (κ3) is 54.1. The highest BCUT2D eigenvalue weighted by Crippen LogP contribution is 2.17. The molecular weight excluding hydrogens is 841 g/mol. The van der Waals surface area contributed by atoms with E-state index in [1.165, 1.54) is 173 Å². The number of unbranched alkanes of at least 4 members (excludes halogenated alkanes) is 36. The maximum absolute atomic E-state index is 12.9. The predicted molar refractivity (Wildman–Crippen MR) is 293 cm³/mol. The molecule has 0 aliphatic rings. The number of allylic oxidation sites excluding steroid dienone is 10. The first-order valence-corrected chi connectivity index (χ1v) is 29.4. The molecule has 6 heteroatoms. The highest BCUT2D eigenvalue weighted by Gasteiger charge is 2.19. The summed E-state index contributed by atoms with van der Waals surface area (Å²) in [4.78, 5) is 38.2. The second-order valence-electron chi connectivity index (χ2n) is 19.7. The summed E-state index contributed by atoms with van der Waals surface area (Å²) in [5.74, 6) is -0.890. The van der Waals surface area contributed by atoms with E-state index in [2.05, 4.69) is 57.2 Å². The van der Waals surface area contributed by atoms with E-state index in [0.29, 0.717) is 19.3 Å². The number of carbonyl (C=O) groups is 3. The molecule has 1 atom stereocenters. The van der Waals surface area contributed by atoms with Gasteiger partial charge in [-0.25, -0.2) is 0 Å². The number of carbonyl (C=O) groups excluding carboxylic acids is 3. The lowest BCUT2D eigenvalue weighted by Crippen LogP contribution is -2.30. The Hall–Kier alpha value is -2.89. The topological polar surface area (TPSA) is 78.9 Å². The first-order valence-electron chi connectivity index (χ1n) is 29.4. The molecule has 0 aliphatic carbocycles. The van der Waals surface area contributed by atoms with Gasteiger partial charge in [0, 0.05) is 19.3 Å². The van der Waals surface area contributed by atoms with Gasteiger partial charge in [-0.2, -0.15) is 0 Å². The molecule has 6 nitrogen and oxygen atoms in total. The molecule has 0 aromatic rings. The fourth-order valence-corrected chi connectivity index (χ4v) is 8.47. The first-order chi connectivity index (χ1) is 33.5. The van der Waals surface area contributed by atoms with Gasteiger partial charge in [0.25, 0.3) is 0 Å². The van der Waals surface area contributed by atoms with Gasteiger partial charge >= 0.3 is 17.9 Å². The molecule has 0 bridgehead atoms. The highest BCUT2D eigenvalue weighted by molar-refractivity contribution is 5.71. The first kappa shape index (κ1) is 65.1. The number of hydrogen-bond acceptors (Lipinski definition) is 6. The van der Waals surface area contributed by atoms with Gasteiger partial charge in [-0.15, -0.1) is 0 Å². The van der Waals surface area contributed by atoms with Crippen molar-refractivity contribution in [1.29, 1.82) is 0 Å². The SMILES string of the molecule is CCC\C=C/C=C\C=C/C=C\C=C/CCCCCCCC(=O)OC(COC(=O)CCCCCCCCCCCCCCC)COC(=O)CCCCCCCCCCCCCCCCCCCCC. The van der Waals surface area contributed by atoms with Gasteiger partial charge in [0.1, 0.15) is 13.2 Å². The lowest BCUT2D eigenvalue weighted by Gasteiger charge is -2.18. The van der Waals surface area contributed by atoms with Gasteiger partial charge in [-0.1, -0.05) is 300 Å². The zero-order valence-corrected chi connectivity index (χ0v) is 45.1. The molecule has 0 aromatic heterocycles. The molecule has 394 valence electrons. The molecule has 0 aromatic carbocycles. The molecule has 0 aliphatic heterocycles. The summed E-state index contributed by atoms with van der Waals surface area (Å²) in [5, 5.41) is 0. The Kier molecular flexibility index (Phi) is 54.3. The Morgan fingerprint density at radius 3 is 0.882 bits per heavy atom. The maximum Gasteiger partial charge on any atom is 0.306 e. The number of hydrogen-bond donors (Lipinski definition) is 0. The molecule has 0 saturated heterocycles. The van der Waals surface area contributed by atoms with Crippen molar-refractivity contribution in [3.63, 3.8) is 0 Å². The van der Waals surface area contributed by atoms with Crippen molar-refractivity contribution >= 4 is 17.9 Å². The molecule has 0 heterocycles. The van der Waals surface area contributed by atoms with Crippen LogP contribution in [0.4, 0.5) is 0 Å². The summed E-state index contributed by atoms with van der Waals surface area (Å²) in [6.07, 6.45) is 70.6. The van der Waals surface area contributed by atoms with Crippen LogP contribution in [0.25, 0.3) is 0 Å². The fourth-order valence-electron chi connectivity index (χ4n) is 8.47. The average molecular weight is 952 g/mol. The summed E-state index contributed by atoms with van der Waals surface area (Å²) in [7, 11) is 0. The van der Waals surface area contributed by atoms with Gasteiger partial charge < -0.3 is 14.2 Å². The van der Waals surface area contributed by atoms with Crippen LogP contribution in [0.5, 0.6) is 0 Å². The zero-order valence-electron chi connectivity index (χ0n) is 45.1. The molecule has 0 radical (unpaired) electrons. The second kappa shape index (κ2) is 56.7. The lowest BCUT2D eigenvalue weighted by atomic mass is 10.0. The lowest BCUT2D eigenvalue weighted by molar-refractivity contribution is -0.167. The van der Waals surface area contributed by atoms with E-state index in [4.69, 9.17) is 14.2 Å². The molecule has 0 saturated carbocycles. The van der Waals surface area contributed by atoms with Crippen LogP contribution in [0, 0.1) is 0 Å². The van der Waals surface area contributed by atoms with Crippen LogP contribution < -0.4 is 0 Å². The molecular formula is C62H110O6. The second-order valence-corrected chi connectivity index (χ2v) is 19.7. The highest BCUT2D eigenvalue weighted by atomic mass is 16.6. The number of ether oxygens (including phenoxy) is 3. The monoisotopic (exact) mass is 951 g/mol. The van der Waals surface area contributed by atoms with E-state index in [9.17, 15) is 14.4 Å². The Labute approximate surface area is 421 Å². The molecule has 68 heavy (non-hydrogen) atoms. The molecule has 1 unspecified atom stereocenters. The van der Waals surface area contributed by atoms with Crippen LogP contribution in [0.15, 0.2) is 60.8 Å². The minimum atomic E-state index is -0.785. The van der Waals surface area contributed by atoms with Gasteiger partial charge in [0.05, 0.1) is 0 Å². The van der Waals surface area contributed by atoms with Crippen LogP contribution in [0.2, 0.25) is 0 Å². The van der Waals surface area contributed by atoms with Gasteiger partial charge in [0.15, 0.2) is 6.10 Å². The normalized spacial score (nSPS) is 12.5. The summed E-state index contributed by atoms with van der Waals surface area (Å²) >= 11 is 0. The van der Waals surface area contributed by atoms with E-state index in [0.717, 1.165) is 83.5 Å². The smallest absolute Gasteiger partial charge is 0.306 e. The van der Waals surface area contributed by atoms with Crippen LogP contribution >= 0.6 is 0 Å². The fraction of sp³-hybridized carbons (Fsp3) is 0.790. The van der Waals surface area contributed by atoms with Crippen molar-refractivity contribution in [2.24, 2.45) is 0 Å². The predicted octanol–water partition coefficient (Wildman–Crippen LogP) is 19.6.